The zero-order chi connectivity index (χ0) is 25.7. The molecule has 9 heteroatoms. The molecular formula is C27H34N2O6S. The SMILES string of the molecule is CN(C(=O)OC(C)(C)C)C1=N[C@@H]2[C@@H](OCc3ccccc3)[C@H](OCc3ccccc3)C(CO)O[C@@H]2S1. The van der Waals surface area contributed by atoms with Crippen LogP contribution in [0.5, 0.6) is 0 Å². The predicted octanol–water partition coefficient (Wildman–Crippen LogP) is 4.21. The van der Waals surface area contributed by atoms with Crippen LogP contribution >= 0.6 is 11.8 Å². The molecule has 2 aromatic carbocycles. The van der Waals surface area contributed by atoms with Gasteiger partial charge in [-0.2, -0.15) is 0 Å². The Morgan fingerprint density at radius 1 is 1.00 bits per heavy atom. The van der Waals surface area contributed by atoms with Crippen LogP contribution in [0.3, 0.4) is 0 Å². The molecule has 5 atom stereocenters. The van der Waals surface area contributed by atoms with Crippen LogP contribution in [0.15, 0.2) is 65.7 Å². The molecule has 1 saturated heterocycles. The second-order valence-corrected chi connectivity index (χ2v) is 10.9. The van der Waals surface area contributed by atoms with Crippen molar-refractivity contribution in [3.05, 3.63) is 71.8 Å². The normalized spacial score (nSPS) is 25.7. The van der Waals surface area contributed by atoms with Gasteiger partial charge in [0.1, 0.15) is 35.4 Å². The van der Waals surface area contributed by atoms with Gasteiger partial charge >= 0.3 is 6.09 Å². The van der Waals surface area contributed by atoms with Gasteiger partial charge in [0.2, 0.25) is 0 Å². The van der Waals surface area contributed by atoms with Crippen molar-refractivity contribution in [2.75, 3.05) is 13.7 Å². The summed E-state index contributed by atoms with van der Waals surface area (Å²) in [6, 6.07) is 19.3. The number of ether oxygens (including phenoxy) is 4. The summed E-state index contributed by atoms with van der Waals surface area (Å²) in [6.45, 7) is 5.92. The van der Waals surface area contributed by atoms with E-state index in [1.165, 1.54) is 16.7 Å². The topological polar surface area (TPSA) is 89.8 Å². The fraction of sp³-hybridized carbons (Fsp3) is 0.481. The van der Waals surface area contributed by atoms with Crippen molar-refractivity contribution in [3.63, 3.8) is 0 Å². The molecule has 2 aromatic rings. The minimum atomic E-state index is -0.627. The summed E-state index contributed by atoms with van der Waals surface area (Å²) < 4.78 is 24.4. The van der Waals surface area contributed by atoms with Crippen molar-refractivity contribution in [3.8, 4) is 0 Å². The van der Waals surface area contributed by atoms with Crippen molar-refractivity contribution in [1.82, 2.24) is 4.90 Å². The molecule has 0 aliphatic carbocycles. The van der Waals surface area contributed by atoms with Gasteiger partial charge in [0.05, 0.1) is 19.8 Å². The number of aliphatic hydroxyl groups is 1. The lowest BCUT2D eigenvalue weighted by Crippen LogP contribution is -2.57. The molecule has 2 aliphatic heterocycles. The monoisotopic (exact) mass is 514 g/mol. The highest BCUT2D eigenvalue weighted by Gasteiger charge is 2.51. The van der Waals surface area contributed by atoms with Crippen molar-refractivity contribution >= 4 is 23.0 Å². The molecule has 1 unspecified atom stereocenters. The molecule has 0 aromatic heterocycles. The predicted molar refractivity (Wildman–Crippen MR) is 139 cm³/mol. The Labute approximate surface area is 216 Å². The number of amidine groups is 1. The van der Waals surface area contributed by atoms with Gasteiger partial charge in [0.15, 0.2) is 5.17 Å². The fourth-order valence-corrected chi connectivity index (χ4v) is 5.21. The van der Waals surface area contributed by atoms with Crippen LogP contribution < -0.4 is 0 Å². The van der Waals surface area contributed by atoms with Gasteiger partial charge in [-0.1, -0.05) is 72.4 Å². The molecule has 2 heterocycles. The standard InChI is InChI=1S/C27H34N2O6S/c1-27(2,3)35-26(31)29(4)25-28-21-23(33-17-19-13-9-6-10-14-19)22(20(15-30)34-24(21)36-25)32-16-18-11-7-5-8-12-18/h5-14,20-24,30H,15-17H2,1-4H3/t20?,21-,22-,23-,24-/m1/s1. The Bertz CT molecular complexity index is 1030. The number of amides is 1. The van der Waals surface area contributed by atoms with Gasteiger partial charge < -0.3 is 24.1 Å². The summed E-state index contributed by atoms with van der Waals surface area (Å²) in [7, 11) is 1.63. The van der Waals surface area contributed by atoms with E-state index < -0.39 is 41.5 Å². The van der Waals surface area contributed by atoms with Gasteiger partial charge in [0.25, 0.3) is 0 Å². The quantitative estimate of drug-likeness (QED) is 0.592. The van der Waals surface area contributed by atoms with Crippen LogP contribution in [0.25, 0.3) is 0 Å². The van der Waals surface area contributed by atoms with Crippen LogP contribution in [0.1, 0.15) is 31.9 Å². The largest absolute Gasteiger partial charge is 0.443 e. The number of thioether (sulfide) groups is 1. The summed E-state index contributed by atoms with van der Waals surface area (Å²) in [5.41, 5.74) is 0.966. The number of carbonyl (C=O) groups is 1. The number of carbonyl (C=O) groups excluding carboxylic acids is 1. The molecule has 1 amide bonds. The third-order valence-electron chi connectivity index (χ3n) is 5.80. The van der Waals surface area contributed by atoms with E-state index in [0.29, 0.717) is 18.4 Å². The maximum Gasteiger partial charge on any atom is 0.416 e. The molecule has 0 radical (unpaired) electrons. The van der Waals surface area contributed by atoms with E-state index in [4.69, 9.17) is 23.9 Å². The van der Waals surface area contributed by atoms with Crippen LogP contribution in [-0.2, 0) is 32.2 Å². The van der Waals surface area contributed by atoms with E-state index in [9.17, 15) is 9.90 Å². The molecule has 2 aliphatic rings. The van der Waals surface area contributed by atoms with Crippen molar-refractivity contribution in [1.29, 1.82) is 0 Å². The summed E-state index contributed by atoms with van der Waals surface area (Å²) in [5.74, 6) is 0. The van der Waals surface area contributed by atoms with E-state index in [2.05, 4.69) is 0 Å². The Morgan fingerprint density at radius 3 is 2.08 bits per heavy atom. The molecule has 1 fully saturated rings. The first-order valence-electron chi connectivity index (χ1n) is 12.0. The second kappa shape index (κ2) is 11.7. The highest BCUT2D eigenvalue weighted by atomic mass is 32.2. The van der Waals surface area contributed by atoms with Gasteiger partial charge in [-0.05, 0) is 31.9 Å². The lowest BCUT2D eigenvalue weighted by molar-refractivity contribution is -0.205. The van der Waals surface area contributed by atoms with E-state index in [1.54, 1.807) is 7.05 Å². The lowest BCUT2D eigenvalue weighted by Gasteiger charge is -2.42. The first-order chi connectivity index (χ1) is 17.2. The summed E-state index contributed by atoms with van der Waals surface area (Å²) in [5, 5.41) is 10.7. The number of nitrogens with zero attached hydrogens (tertiary/aromatic N) is 2. The first kappa shape index (κ1) is 26.6. The van der Waals surface area contributed by atoms with Crippen LogP contribution in [0.2, 0.25) is 0 Å². The fourth-order valence-electron chi connectivity index (χ4n) is 4.03. The number of hydrogen-bond acceptors (Lipinski definition) is 8. The number of hydrogen-bond donors (Lipinski definition) is 1. The average molecular weight is 515 g/mol. The highest BCUT2D eigenvalue weighted by molar-refractivity contribution is 8.14. The Morgan fingerprint density at radius 2 is 1.56 bits per heavy atom. The highest BCUT2D eigenvalue weighted by Crippen LogP contribution is 2.40. The van der Waals surface area contributed by atoms with Crippen LogP contribution in [0.4, 0.5) is 4.79 Å². The average Bonchev–Trinajstić information content (AvgIpc) is 3.29. The Kier molecular flexibility index (Phi) is 8.69. The zero-order valence-corrected chi connectivity index (χ0v) is 21.9. The second-order valence-electron chi connectivity index (χ2n) is 9.81. The Hall–Kier alpha value is -2.43. The molecule has 1 N–H and O–H groups in total. The molecule has 0 bridgehead atoms. The molecule has 36 heavy (non-hydrogen) atoms. The van der Waals surface area contributed by atoms with Crippen molar-refractivity contribution in [2.24, 2.45) is 4.99 Å². The number of fused-ring (bicyclic) bond motifs is 1. The number of rotatable bonds is 7. The maximum absolute atomic E-state index is 12.7. The van der Waals surface area contributed by atoms with Crippen LogP contribution in [0, 0.1) is 0 Å². The third kappa shape index (κ3) is 6.66. The van der Waals surface area contributed by atoms with Gasteiger partial charge in [0, 0.05) is 7.05 Å². The molecule has 0 spiro atoms. The third-order valence-corrected chi connectivity index (χ3v) is 7.01. The zero-order valence-electron chi connectivity index (χ0n) is 21.1. The van der Waals surface area contributed by atoms with Crippen molar-refractivity contribution < 1.29 is 28.8 Å². The lowest BCUT2D eigenvalue weighted by atomic mass is 9.97. The summed E-state index contributed by atoms with van der Waals surface area (Å²) >= 11 is 1.32. The van der Waals surface area contributed by atoms with E-state index in [0.717, 1.165) is 11.1 Å². The maximum atomic E-state index is 12.7. The number of aliphatic imine (C=N–C) groups is 1. The molecular weight excluding hydrogens is 480 g/mol. The molecule has 0 saturated carbocycles. The summed E-state index contributed by atoms with van der Waals surface area (Å²) in [4.78, 5) is 18.9. The van der Waals surface area contributed by atoms with Crippen molar-refractivity contribution in [2.45, 2.75) is 69.4 Å². The minimum Gasteiger partial charge on any atom is -0.443 e. The van der Waals surface area contributed by atoms with Gasteiger partial charge in [-0.3, -0.25) is 9.89 Å². The smallest absolute Gasteiger partial charge is 0.416 e. The first-order valence-corrected chi connectivity index (χ1v) is 12.9. The van der Waals surface area contributed by atoms with E-state index in [1.807, 2.05) is 81.4 Å². The molecule has 194 valence electrons. The van der Waals surface area contributed by atoms with Crippen LogP contribution in [-0.4, -0.2) is 70.3 Å². The van der Waals surface area contributed by atoms with Gasteiger partial charge in [-0.25, -0.2) is 4.79 Å². The number of aliphatic hydroxyl groups excluding tert-OH is 1. The molecule has 8 nitrogen and oxygen atoms in total. The summed E-state index contributed by atoms with van der Waals surface area (Å²) in [6.07, 6.45) is -2.16. The van der Waals surface area contributed by atoms with E-state index >= 15 is 0 Å². The number of benzene rings is 2. The Balaban J connectivity index is 1.56. The molecule has 4 rings (SSSR count). The minimum absolute atomic E-state index is 0.230. The van der Waals surface area contributed by atoms with Gasteiger partial charge in [-0.15, -0.1) is 0 Å². The van der Waals surface area contributed by atoms with E-state index in [-0.39, 0.29) is 6.61 Å².